The Kier molecular flexibility index (Phi) is 5.63. The summed E-state index contributed by atoms with van der Waals surface area (Å²) in [6, 6.07) is 25.1. The number of thiazole rings is 1. The van der Waals surface area contributed by atoms with Gasteiger partial charge in [-0.15, -0.1) is 11.3 Å². The summed E-state index contributed by atoms with van der Waals surface area (Å²) in [6.07, 6.45) is 1.78. The molecule has 3 aromatic carbocycles. The van der Waals surface area contributed by atoms with E-state index < -0.39 is 0 Å². The zero-order valence-corrected chi connectivity index (χ0v) is 18.0. The van der Waals surface area contributed by atoms with Gasteiger partial charge in [0.1, 0.15) is 29.7 Å². The van der Waals surface area contributed by atoms with Crippen LogP contribution < -0.4 is 10.1 Å². The smallest absolute Gasteiger partial charge is 0.244 e. The van der Waals surface area contributed by atoms with Crippen LogP contribution in [0.4, 0.5) is 5.69 Å². The van der Waals surface area contributed by atoms with Crippen molar-refractivity contribution >= 4 is 34.0 Å². The van der Waals surface area contributed by atoms with Crippen molar-refractivity contribution in [1.29, 1.82) is 0 Å². The molecule has 158 valence electrons. The molecule has 0 saturated heterocycles. The quantitative estimate of drug-likeness (QED) is 0.369. The first-order valence-electron chi connectivity index (χ1n) is 10.2. The van der Waals surface area contributed by atoms with Crippen LogP contribution >= 0.6 is 11.3 Å². The number of nitrogens with one attached hydrogen (secondary N) is 1. The molecular weight excluding hydrogens is 420 g/mol. The van der Waals surface area contributed by atoms with Gasteiger partial charge in [-0.2, -0.15) is 0 Å². The van der Waals surface area contributed by atoms with Gasteiger partial charge in [0.25, 0.3) is 0 Å². The number of para-hydroxylation sites is 3. The van der Waals surface area contributed by atoms with Gasteiger partial charge in [0.15, 0.2) is 0 Å². The average molecular weight is 441 g/mol. The van der Waals surface area contributed by atoms with E-state index in [0.29, 0.717) is 5.82 Å². The molecule has 5 aromatic rings. The fraction of sp³-hybridized carbons (Fsp3) is 0.0800. The summed E-state index contributed by atoms with van der Waals surface area (Å²) in [5.74, 6) is 1.33. The largest absolute Gasteiger partial charge is 0.486 e. The van der Waals surface area contributed by atoms with E-state index >= 15 is 0 Å². The van der Waals surface area contributed by atoms with Gasteiger partial charge in [-0.05, 0) is 48.5 Å². The first-order valence-corrected chi connectivity index (χ1v) is 11.1. The average Bonchev–Trinajstić information content (AvgIpc) is 3.48. The number of fused-ring (bicyclic) bond motifs is 1. The molecule has 5 rings (SSSR count). The van der Waals surface area contributed by atoms with Gasteiger partial charge < -0.3 is 14.6 Å². The van der Waals surface area contributed by atoms with Crippen molar-refractivity contribution in [2.75, 3.05) is 5.32 Å². The number of hydrogen-bond donors (Lipinski definition) is 1. The topological polar surface area (TPSA) is 69.0 Å². The van der Waals surface area contributed by atoms with E-state index in [9.17, 15) is 4.79 Å². The summed E-state index contributed by atoms with van der Waals surface area (Å²) in [6.45, 7) is 0.413. The number of carbonyl (C=O) groups is 1. The molecule has 0 saturated carbocycles. The number of amides is 1. The number of anilines is 1. The lowest BCUT2D eigenvalue weighted by Crippen LogP contribution is -2.20. The first-order chi connectivity index (χ1) is 15.8. The molecule has 1 amide bonds. The molecule has 2 heterocycles. The highest BCUT2D eigenvalue weighted by molar-refractivity contribution is 7.13. The minimum atomic E-state index is -0.129. The maximum Gasteiger partial charge on any atom is 0.244 e. The molecule has 7 heteroatoms. The predicted molar refractivity (Wildman–Crippen MR) is 127 cm³/mol. The molecule has 0 unspecified atom stereocenters. The van der Waals surface area contributed by atoms with Crippen LogP contribution in [0.2, 0.25) is 0 Å². The van der Waals surface area contributed by atoms with Crippen LogP contribution in [0.25, 0.3) is 21.6 Å². The number of benzene rings is 3. The lowest BCUT2D eigenvalue weighted by atomic mass is 10.2. The van der Waals surface area contributed by atoms with Crippen LogP contribution in [-0.2, 0) is 17.9 Å². The Morgan fingerprint density at radius 1 is 0.969 bits per heavy atom. The predicted octanol–water partition coefficient (Wildman–Crippen LogP) is 5.38. The van der Waals surface area contributed by atoms with Crippen LogP contribution in [0.1, 0.15) is 5.82 Å². The van der Waals surface area contributed by atoms with Crippen LogP contribution in [0.15, 0.2) is 90.4 Å². The third-order valence-electron chi connectivity index (χ3n) is 4.99. The Balaban J connectivity index is 1.33. The maximum atomic E-state index is 12.9. The molecule has 1 N–H and O–H groups in total. The van der Waals surface area contributed by atoms with Gasteiger partial charge >= 0.3 is 0 Å². The van der Waals surface area contributed by atoms with Gasteiger partial charge in [0.2, 0.25) is 5.91 Å². The summed E-state index contributed by atoms with van der Waals surface area (Å²) < 4.78 is 7.79. The van der Waals surface area contributed by atoms with Crippen LogP contribution in [0.5, 0.6) is 5.75 Å². The molecule has 0 aliphatic rings. The Hall–Kier alpha value is -3.97. The molecule has 0 aliphatic carbocycles. The summed E-state index contributed by atoms with van der Waals surface area (Å²) in [5, 5.41) is 5.87. The van der Waals surface area contributed by atoms with Crippen molar-refractivity contribution in [3.63, 3.8) is 0 Å². The number of carbonyl (C=O) groups excluding carboxylic acids is 1. The van der Waals surface area contributed by atoms with Crippen molar-refractivity contribution in [3.05, 3.63) is 96.3 Å². The third kappa shape index (κ3) is 4.38. The molecule has 6 nitrogen and oxygen atoms in total. The van der Waals surface area contributed by atoms with E-state index in [1.54, 1.807) is 17.5 Å². The lowest BCUT2D eigenvalue weighted by molar-refractivity contribution is -0.116. The molecule has 2 aromatic heterocycles. The van der Waals surface area contributed by atoms with Crippen LogP contribution in [0.3, 0.4) is 0 Å². The number of ether oxygens (including phenoxy) is 1. The highest BCUT2D eigenvalue weighted by atomic mass is 32.1. The van der Waals surface area contributed by atoms with Crippen molar-refractivity contribution in [2.45, 2.75) is 13.2 Å². The number of aromatic nitrogens is 3. The molecule has 0 fully saturated rings. The highest BCUT2D eigenvalue weighted by Crippen LogP contribution is 2.23. The van der Waals surface area contributed by atoms with Gasteiger partial charge in [0, 0.05) is 22.8 Å². The van der Waals surface area contributed by atoms with E-state index in [1.165, 1.54) is 0 Å². The molecule has 0 bridgehead atoms. The number of imidazole rings is 1. The van der Waals surface area contributed by atoms with Crippen LogP contribution in [0, 0.1) is 0 Å². The Labute approximate surface area is 189 Å². The second-order valence-electron chi connectivity index (χ2n) is 7.17. The van der Waals surface area contributed by atoms with E-state index in [4.69, 9.17) is 4.74 Å². The monoisotopic (exact) mass is 440 g/mol. The summed E-state index contributed by atoms with van der Waals surface area (Å²) in [5.41, 5.74) is 3.49. The van der Waals surface area contributed by atoms with Gasteiger partial charge in [-0.1, -0.05) is 30.3 Å². The summed E-state index contributed by atoms with van der Waals surface area (Å²) in [7, 11) is 0. The van der Waals surface area contributed by atoms with Crippen molar-refractivity contribution in [2.24, 2.45) is 0 Å². The van der Waals surface area contributed by atoms with E-state index in [2.05, 4.69) is 15.3 Å². The minimum Gasteiger partial charge on any atom is -0.486 e. The summed E-state index contributed by atoms with van der Waals surface area (Å²) in [4.78, 5) is 21.8. The Morgan fingerprint density at radius 3 is 2.53 bits per heavy atom. The molecule has 0 spiro atoms. The molecular formula is C25H20N4O2S. The summed E-state index contributed by atoms with van der Waals surface area (Å²) >= 11 is 1.58. The second-order valence-corrected chi connectivity index (χ2v) is 8.06. The van der Waals surface area contributed by atoms with Gasteiger partial charge in [-0.25, -0.2) is 9.97 Å². The minimum absolute atomic E-state index is 0.129. The molecule has 0 radical (unpaired) electrons. The zero-order chi connectivity index (χ0) is 21.8. The van der Waals surface area contributed by atoms with Crippen molar-refractivity contribution in [3.8, 4) is 16.3 Å². The van der Waals surface area contributed by atoms with Crippen molar-refractivity contribution in [1.82, 2.24) is 14.5 Å². The van der Waals surface area contributed by atoms with E-state index in [-0.39, 0.29) is 19.1 Å². The SMILES string of the molecule is O=C(Cn1c(COc2ccccc2)nc2ccccc21)Nc1ccc(-c2nccs2)cc1. The lowest BCUT2D eigenvalue weighted by Gasteiger charge is -2.11. The maximum absolute atomic E-state index is 12.9. The first kappa shape index (κ1) is 20.0. The Bertz CT molecular complexity index is 1330. The van der Waals surface area contributed by atoms with E-state index in [1.807, 2.05) is 88.8 Å². The molecule has 0 atom stereocenters. The Morgan fingerprint density at radius 2 is 1.75 bits per heavy atom. The van der Waals surface area contributed by atoms with Crippen LogP contribution in [-0.4, -0.2) is 20.4 Å². The zero-order valence-electron chi connectivity index (χ0n) is 17.1. The van der Waals surface area contributed by atoms with E-state index in [0.717, 1.165) is 33.0 Å². The number of rotatable bonds is 7. The van der Waals surface area contributed by atoms with Gasteiger partial charge in [-0.3, -0.25) is 4.79 Å². The number of nitrogens with zero attached hydrogens (tertiary/aromatic N) is 3. The number of hydrogen-bond acceptors (Lipinski definition) is 5. The van der Waals surface area contributed by atoms with Crippen molar-refractivity contribution < 1.29 is 9.53 Å². The standard InChI is InChI=1S/C25H20N4O2S/c30-24(27-19-12-10-18(11-13-19)25-26-14-15-32-25)16-29-22-9-5-4-8-21(22)28-23(29)17-31-20-6-2-1-3-7-20/h1-15H,16-17H2,(H,27,30). The fourth-order valence-electron chi connectivity index (χ4n) is 3.48. The second kappa shape index (κ2) is 9.03. The fourth-order valence-corrected chi connectivity index (χ4v) is 4.13. The normalized spacial score (nSPS) is 10.9. The molecule has 32 heavy (non-hydrogen) atoms. The van der Waals surface area contributed by atoms with Gasteiger partial charge in [0.05, 0.1) is 11.0 Å². The third-order valence-corrected chi connectivity index (χ3v) is 5.82. The highest BCUT2D eigenvalue weighted by Gasteiger charge is 2.14. The molecule has 0 aliphatic heterocycles.